The maximum atomic E-state index is 13.0. The Labute approximate surface area is 204 Å². The number of aliphatic carboxylic acids is 1. The lowest BCUT2D eigenvalue weighted by Gasteiger charge is -2.54. The molecule has 2 unspecified atom stereocenters. The highest BCUT2D eigenvalue weighted by Crippen LogP contribution is 2.64. The average Bonchev–Trinajstić information content (AvgIpc) is 3.12. The van der Waals surface area contributed by atoms with E-state index >= 15 is 0 Å². The molecule has 0 amide bonds. The molecule has 4 heteroatoms. The van der Waals surface area contributed by atoms with Gasteiger partial charge in [-0.3, -0.25) is 9.59 Å². The van der Waals surface area contributed by atoms with E-state index in [0.29, 0.717) is 18.1 Å². The Bertz CT molecular complexity index is 600. The number of hydrogen-bond acceptors (Lipinski definition) is 3. The first-order chi connectivity index (χ1) is 15.7. The van der Waals surface area contributed by atoms with Crippen LogP contribution in [-0.4, -0.2) is 29.1 Å². The van der Waals surface area contributed by atoms with Crippen LogP contribution in [0.1, 0.15) is 125 Å². The second kappa shape index (κ2) is 13.9. The molecule has 0 spiro atoms. The summed E-state index contributed by atoms with van der Waals surface area (Å²) in [6.07, 6.45) is 14.0. The van der Waals surface area contributed by atoms with Gasteiger partial charge in [0.05, 0.1) is 0 Å². The smallest absolute Gasteiger partial charge is 0.303 e. The van der Waals surface area contributed by atoms with Crippen molar-refractivity contribution in [3.8, 4) is 0 Å². The van der Waals surface area contributed by atoms with Crippen molar-refractivity contribution in [2.24, 2.45) is 40.4 Å². The summed E-state index contributed by atoms with van der Waals surface area (Å²) < 4.78 is 0. The van der Waals surface area contributed by atoms with Crippen LogP contribution in [0, 0.1) is 40.4 Å². The third-order valence-corrected chi connectivity index (χ3v) is 9.43. The first-order valence-electron chi connectivity index (χ1n) is 13.9. The molecule has 0 aliphatic heterocycles. The van der Waals surface area contributed by atoms with Crippen LogP contribution in [0.5, 0.6) is 0 Å². The van der Waals surface area contributed by atoms with Gasteiger partial charge in [0.25, 0.3) is 0 Å². The summed E-state index contributed by atoms with van der Waals surface area (Å²) in [7, 11) is 1.00. The molecule has 3 saturated carbocycles. The Hall–Kier alpha value is -0.900. The number of hydrogen-bond donors (Lipinski definition) is 2. The molecule has 33 heavy (non-hydrogen) atoms. The highest BCUT2D eigenvalue weighted by atomic mass is 16.4. The van der Waals surface area contributed by atoms with E-state index in [1.807, 2.05) is 13.8 Å². The number of carboxylic acids is 1. The van der Waals surface area contributed by atoms with Crippen molar-refractivity contribution in [1.82, 2.24) is 0 Å². The van der Waals surface area contributed by atoms with Gasteiger partial charge in [0.2, 0.25) is 0 Å². The summed E-state index contributed by atoms with van der Waals surface area (Å²) in [6.45, 7) is 13.2. The lowest BCUT2D eigenvalue weighted by molar-refractivity contribution is -0.149. The van der Waals surface area contributed by atoms with Gasteiger partial charge >= 0.3 is 5.97 Å². The number of carbonyl (C=O) groups is 2. The molecule has 3 aliphatic carbocycles. The highest BCUT2D eigenvalue weighted by molar-refractivity contribution is 5.85. The Morgan fingerprint density at radius 3 is 2.24 bits per heavy atom. The first-order valence-corrected chi connectivity index (χ1v) is 13.9. The second-order valence-electron chi connectivity index (χ2n) is 11.5. The summed E-state index contributed by atoms with van der Waals surface area (Å²) >= 11 is 0. The summed E-state index contributed by atoms with van der Waals surface area (Å²) in [5.74, 6) is 2.20. The van der Waals surface area contributed by atoms with Crippen molar-refractivity contribution in [2.45, 2.75) is 125 Å². The molecule has 4 nitrogen and oxygen atoms in total. The number of fused-ring (bicyclic) bond motifs is 1. The molecule has 2 N–H and O–H groups in total. The Kier molecular flexibility index (Phi) is 12.6. The van der Waals surface area contributed by atoms with Gasteiger partial charge in [-0.25, -0.2) is 0 Å². The predicted octanol–water partition coefficient (Wildman–Crippen LogP) is 7.52. The number of carbonyl (C=O) groups excluding carboxylic acids is 1. The quantitative estimate of drug-likeness (QED) is 0.363. The van der Waals surface area contributed by atoms with Gasteiger partial charge < -0.3 is 10.2 Å². The SMILES string of the molecule is CC.CC(C)CCCC[C@H]1CCC2[C@H](CC(=O)O)C([C@@]3(C)CCCCC3=O)CC[C@@]21C.CO. The molecular formula is C29H54O4. The van der Waals surface area contributed by atoms with Crippen molar-refractivity contribution in [2.75, 3.05) is 7.11 Å². The maximum Gasteiger partial charge on any atom is 0.303 e. The zero-order valence-electron chi connectivity index (χ0n) is 22.8. The minimum atomic E-state index is -0.670. The van der Waals surface area contributed by atoms with Gasteiger partial charge in [0.1, 0.15) is 5.78 Å². The molecular weight excluding hydrogens is 412 g/mol. The molecule has 0 radical (unpaired) electrons. The van der Waals surface area contributed by atoms with Crippen molar-refractivity contribution in [3.05, 3.63) is 0 Å². The summed E-state index contributed by atoms with van der Waals surface area (Å²) in [6, 6.07) is 0. The van der Waals surface area contributed by atoms with E-state index in [4.69, 9.17) is 5.11 Å². The van der Waals surface area contributed by atoms with Crippen molar-refractivity contribution in [1.29, 1.82) is 0 Å². The zero-order chi connectivity index (χ0) is 25.2. The standard InChI is InChI=1S/C26H44O3.C2H6.CH4O/c1-18(2)9-5-6-10-19-12-13-21-20(17-24(28)29)22(14-16-25(19,21)3)26(4)15-8-7-11-23(26)27;2*1-2/h18-22H,5-17H2,1-4H3,(H,28,29);1-2H3;2H,1H3/t19-,20-,21?,22?,25+,26+;;/m0../s1. The predicted molar refractivity (Wildman–Crippen MR) is 137 cm³/mol. The molecule has 0 heterocycles. The number of Topliss-reactive ketones (excluding diaryl/α,β-unsaturated/α-hetero) is 1. The van der Waals surface area contributed by atoms with E-state index in [9.17, 15) is 14.7 Å². The summed E-state index contributed by atoms with van der Waals surface area (Å²) in [5, 5.41) is 16.7. The molecule has 0 aromatic rings. The fourth-order valence-electron chi connectivity index (χ4n) is 7.69. The van der Waals surface area contributed by atoms with Gasteiger partial charge in [-0.05, 0) is 80.0 Å². The average molecular weight is 467 g/mol. The number of rotatable bonds is 8. The normalized spacial score (nSPS) is 35.7. The fourth-order valence-corrected chi connectivity index (χ4v) is 7.69. The third-order valence-electron chi connectivity index (χ3n) is 9.43. The van der Waals surface area contributed by atoms with E-state index in [0.717, 1.165) is 44.6 Å². The molecule has 3 fully saturated rings. The third kappa shape index (κ3) is 7.05. The van der Waals surface area contributed by atoms with Crippen LogP contribution in [0.15, 0.2) is 0 Å². The van der Waals surface area contributed by atoms with Crippen LogP contribution in [-0.2, 0) is 9.59 Å². The Balaban J connectivity index is 0.00000129. The van der Waals surface area contributed by atoms with E-state index in [-0.39, 0.29) is 29.1 Å². The van der Waals surface area contributed by atoms with Crippen LogP contribution in [0.4, 0.5) is 0 Å². The number of unbranched alkanes of at least 4 members (excludes halogenated alkanes) is 1. The van der Waals surface area contributed by atoms with Gasteiger partial charge in [-0.15, -0.1) is 0 Å². The lowest BCUT2D eigenvalue weighted by Crippen LogP contribution is -2.50. The molecule has 0 aromatic heterocycles. The summed E-state index contributed by atoms with van der Waals surface area (Å²) in [4.78, 5) is 24.8. The maximum absolute atomic E-state index is 13.0. The van der Waals surface area contributed by atoms with Crippen molar-refractivity contribution < 1.29 is 19.8 Å². The zero-order valence-corrected chi connectivity index (χ0v) is 22.8. The fraction of sp³-hybridized carbons (Fsp3) is 0.931. The van der Waals surface area contributed by atoms with Gasteiger partial charge in [0.15, 0.2) is 0 Å². The van der Waals surface area contributed by atoms with Crippen molar-refractivity contribution in [3.63, 3.8) is 0 Å². The van der Waals surface area contributed by atoms with E-state index in [1.54, 1.807) is 0 Å². The van der Waals surface area contributed by atoms with Crippen LogP contribution in [0.25, 0.3) is 0 Å². The Morgan fingerprint density at radius 1 is 1.00 bits per heavy atom. The van der Waals surface area contributed by atoms with Crippen LogP contribution >= 0.6 is 0 Å². The van der Waals surface area contributed by atoms with Gasteiger partial charge in [-0.1, -0.05) is 67.2 Å². The molecule has 3 aliphatic rings. The molecule has 6 atom stereocenters. The number of aliphatic hydroxyl groups is 1. The van der Waals surface area contributed by atoms with Gasteiger partial charge in [0, 0.05) is 25.4 Å². The summed E-state index contributed by atoms with van der Waals surface area (Å²) in [5.41, 5.74) is -0.00241. The van der Waals surface area contributed by atoms with E-state index in [2.05, 4.69) is 27.7 Å². The number of aliphatic hydroxyl groups excluding tert-OH is 1. The monoisotopic (exact) mass is 466 g/mol. The molecule has 3 rings (SSSR count). The number of carboxylic acid groups (broad SMARTS) is 1. The lowest BCUT2D eigenvalue weighted by atomic mass is 9.50. The first kappa shape index (κ1) is 30.1. The molecule has 0 saturated heterocycles. The van der Waals surface area contributed by atoms with Gasteiger partial charge in [-0.2, -0.15) is 0 Å². The molecule has 0 aromatic carbocycles. The second-order valence-corrected chi connectivity index (χ2v) is 11.5. The van der Waals surface area contributed by atoms with E-state index in [1.165, 1.54) is 44.9 Å². The highest BCUT2D eigenvalue weighted by Gasteiger charge is 2.58. The largest absolute Gasteiger partial charge is 0.481 e. The topological polar surface area (TPSA) is 74.6 Å². The minimum absolute atomic E-state index is 0.180. The molecule has 194 valence electrons. The molecule has 0 bridgehead atoms. The van der Waals surface area contributed by atoms with Crippen LogP contribution in [0.3, 0.4) is 0 Å². The van der Waals surface area contributed by atoms with Crippen LogP contribution in [0.2, 0.25) is 0 Å². The van der Waals surface area contributed by atoms with E-state index < -0.39 is 5.97 Å². The van der Waals surface area contributed by atoms with Crippen LogP contribution < -0.4 is 0 Å². The van der Waals surface area contributed by atoms with Crippen molar-refractivity contribution >= 4 is 11.8 Å². The number of ketones is 1. The minimum Gasteiger partial charge on any atom is -0.481 e. The Morgan fingerprint density at radius 2 is 1.67 bits per heavy atom.